The first-order valence-corrected chi connectivity index (χ1v) is 10.4. The van der Waals surface area contributed by atoms with E-state index >= 15 is 0 Å². The second kappa shape index (κ2) is 6.83. The van der Waals surface area contributed by atoms with Gasteiger partial charge in [0.05, 0.1) is 24.6 Å². The van der Waals surface area contributed by atoms with Gasteiger partial charge in [0, 0.05) is 43.2 Å². The predicted molar refractivity (Wildman–Crippen MR) is 108 cm³/mol. The molecule has 2 aromatic rings. The van der Waals surface area contributed by atoms with Gasteiger partial charge in [0.25, 0.3) is 5.91 Å². The summed E-state index contributed by atoms with van der Waals surface area (Å²) in [4.78, 5) is 17.4. The fraction of sp³-hybridized carbons (Fsp3) is 0.545. The molecule has 1 saturated carbocycles. The Bertz CT molecular complexity index is 840. The monoisotopic (exact) mass is 380 g/mol. The average Bonchev–Trinajstić information content (AvgIpc) is 3.17. The Hall–Kier alpha value is -2.50. The van der Waals surface area contributed by atoms with Crippen LogP contribution in [0.15, 0.2) is 30.5 Å². The number of H-pyrrole nitrogens is 1. The number of carbonyl (C=O) groups is 1. The standard InChI is InChI=1S/C22H28N4O2/c1-28-18-9-7-17(8-10-18)25-12-22(13-25)14-26(15-22)21(27)19-11-23-24-20(19)16-5-3-2-4-6-16/h7-11,16H,2-6,12-15H2,1H3,(H,23,24). The topological polar surface area (TPSA) is 61.5 Å². The third-order valence-corrected chi connectivity index (χ3v) is 6.74. The van der Waals surface area contributed by atoms with Crippen LogP contribution in [0.1, 0.15) is 54.1 Å². The Balaban J connectivity index is 1.19. The highest BCUT2D eigenvalue weighted by molar-refractivity contribution is 5.96. The fourth-order valence-electron chi connectivity index (χ4n) is 5.19. The lowest BCUT2D eigenvalue weighted by molar-refractivity contribution is -0.0106. The van der Waals surface area contributed by atoms with E-state index in [9.17, 15) is 4.79 Å². The number of likely N-dealkylation sites (tertiary alicyclic amines) is 1. The van der Waals surface area contributed by atoms with Crippen LogP contribution in [0.2, 0.25) is 0 Å². The Morgan fingerprint density at radius 2 is 1.82 bits per heavy atom. The molecule has 0 atom stereocenters. The average molecular weight is 380 g/mol. The molecule has 6 heteroatoms. The first-order chi connectivity index (χ1) is 13.7. The van der Waals surface area contributed by atoms with Crippen LogP contribution >= 0.6 is 0 Å². The summed E-state index contributed by atoms with van der Waals surface area (Å²) in [5, 5.41) is 7.33. The SMILES string of the molecule is COc1ccc(N2CC3(CN(C(=O)c4cn[nH]c4C4CCCCC4)C3)C2)cc1. The van der Waals surface area contributed by atoms with Crippen molar-refractivity contribution < 1.29 is 9.53 Å². The zero-order valence-corrected chi connectivity index (χ0v) is 16.5. The van der Waals surface area contributed by atoms with Gasteiger partial charge in [-0.2, -0.15) is 5.10 Å². The number of amides is 1. The van der Waals surface area contributed by atoms with E-state index in [0.29, 0.717) is 5.92 Å². The number of carbonyl (C=O) groups excluding carboxylic acids is 1. The lowest BCUT2D eigenvalue weighted by Crippen LogP contribution is -2.73. The quantitative estimate of drug-likeness (QED) is 0.883. The highest BCUT2D eigenvalue weighted by atomic mass is 16.5. The van der Waals surface area contributed by atoms with Gasteiger partial charge in [-0.25, -0.2) is 0 Å². The molecule has 1 spiro atoms. The number of methoxy groups -OCH3 is 1. The van der Waals surface area contributed by atoms with Crippen LogP contribution in [0.4, 0.5) is 5.69 Å². The third-order valence-electron chi connectivity index (χ3n) is 6.74. The van der Waals surface area contributed by atoms with Crippen LogP contribution in [0, 0.1) is 5.41 Å². The van der Waals surface area contributed by atoms with E-state index in [-0.39, 0.29) is 11.3 Å². The van der Waals surface area contributed by atoms with Crippen LogP contribution in [-0.4, -0.2) is 54.3 Å². The molecule has 1 amide bonds. The number of nitrogens with zero attached hydrogens (tertiary/aromatic N) is 3. The van der Waals surface area contributed by atoms with Crippen molar-refractivity contribution in [2.24, 2.45) is 5.41 Å². The predicted octanol–water partition coefficient (Wildman–Crippen LogP) is 3.43. The summed E-state index contributed by atoms with van der Waals surface area (Å²) in [5.74, 6) is 1.51. The van der Waals surface area contributed by atoms with E-state index in [1.54, 1.807) is 13.3 Å². The zero-order valence-electron chi connectivity index (χ0n) is 16.5. The molecular weight excluding hydrogens is 352 g/mol. The maximum absolute atomic E-state index is 13.0. The van der Waals surface area contributed by atoms with E-state index in [1.165, 1.54) is 37.8 Å². The number of aromatic nitrogens is 2. The van der Waals surface area contributed by atoms with E-state index < -0.39 is 0 Å². The molecule has 0 bridgehead atoms. The van der Waals surface area contributed by atoms with E-state index in [2.05, 4.69) is 27.2 Å². The van der Waals surface area contributed by atoms with Gasteiger partial charge < -0.3 is 14.5 Å². The van der Waals surface area contributed by atoms with Gasteiger partial charge in [-0.05, 0) is 37.1 Å². The lowest BCUT2D eigenvalue weighted by atomic mass is 9.72. The molecule has 6 nitrogen and oxygen atoms in total. The molecule has 28 heavy (non-hydrogen) atoms. The molecule has 0 unspecified atom stereocenters. The molecule has 2 saturated heterocycles. The fourth-order valence-corrected chi connectivity index (χ4v) is 5.19. The maximum atomic E-state index is 13.0. The molecule has 0 radical (unpaired) electrons. The lowest BCUT2D eigenvalue weighted by Gasteiger charge is -2.61. The Morgan fingerprint density at radius 3 is 2.50 bits per heavy atom. The smallest absolute Gasteiger partial charge is 0.257 e. The van der Waals surface area contributed by atoms with E-state index in [4.69, 9.17) is 4.74 Å². The van der Waals surface area contributed by atoms with Crippen LogP contribution in [0.25, 0.3) is 0 Å². The second-order valence-corrected chi connectivity index (χ2v) is 8.75. The van der Waals surface area contributed by atoms with Crippen molar-refractivity contribution in [3.05, 3.63) is 41.7 Å². The summed E-state index contributed by atoms with van der Waals surface area (Å²) in [6.07, 6.45) is 7.90. The number of benzene rings is 1. The number of ether oxygens (including phenoxy) is 1. The maximum Gasteiger partial charge on any atom is 0.257 e. The molecule has 3 aliphatic rings. The van der Waals surface area contributed by atoms with Gasteiger partial charge >= 0.3 is 0 Å². The van der Waals surface area contributed by atoms with Crippen molar-refractivity contribution in [2.45, 2.75) is 38.0 Å². The van der Waals surface area contributed by atoms with Crippen LogP contribution in [0.3, 0.4) is 0 Å². The van der Waals surface area contributed by atoms with Gasteiger partial charge in [0.2, 0.25) is 0 Å². The number of nitrogens with one attached hydrogen (secondary N) is 1. The Morgan fingerprint density at radius 1 is 1.11 bits per heavy atom. The second-order valence-electron chi connectivity index (χ2n) is 8.75. The van der Waals surface area contributed by atoms with Gasteiger partial charge in [-0.1, -0.05) is 19.3 Å². The van der Waals surface area contributed by atoms with Gasteiger partial charge in [-0.15, -0.1) is 0 Å². The minimum Gasteiger partial charge on any atom is -0.497 e. The molecule has 1 aromatic heterocycles. The number of hydrogen-bond donors (Lipinski definition) is 1. The van der Waals surface area contributed by atoms with E-state index in [1.807, 2.05) is 17.0 Å². The first-order valence-electron chi connectivity index (χ1n) is 10.4. The Kier molecular flexibility index (Phi) is 4.29. The van der Waals surface area contributed by atoms with Crippen molar-refractivity contribution in [1.82, 2.24) is 15.1 Å². The van der Waals surface area contributed by atoms with Crippen molar-refractivity contribution in [3.63, 3.8) is 0 Å². The highest BCUT2D eigenvalue weighted by Gasteiger charge is 2.53. The summed E-state index contributed by atoms with van der Waals surface area (Å²) in [5.41, 5.74) is 3.36. The van der Waals surface area contributed by atoms with Crippen molar-refractivity contribution in [3.8, 4) is 5.75 Å². The summed E-state index contributed by atoms with van der Waals surface area (Å²) >= 11 is 0. The minimum absolute atomic E-state index is 0.155. The zero-order chi connectivity index (χ0) is 19.1. The minimum atomic E-state index is 0.155. The Labute approximate surface area is 165 Å². The third kappa shape index (κ3) is 2.95. The number of rotatable bonds is 4. The van der Waals surface area contributed by atoms with E-state index in [0.717, 1.165) is 43.2 Å². The van der Waals surface area contributed by atoms with Gasteiger partial charge in [0.1, 0.15) is 5.75 Å². The molecule has 2 aliphatic heterocycles. The number of aromatic amines is 1. The van der Waals surface area contributed by atoms with Crippen molar-refractivity contribution in [1.29, 1.82) is 0 Å². The molecule has 3 heterocycles. The van der Waals surface area contributed by atoms with Crippen molar-refractivity contribution in [2.75, 3.05) is 38.2 Å². The molecular formula is C22H28N4O2. The molecule has 1 aromatic carbocycles. The van der Waals surface area contributed by atoms with Gasteiger partial charge in [0.15, 0.2) is 0 Å². The molecule has 3 fully saturated rings. The van der Waals surface area contributed by atoms with Crippen LogP contribution in [0.5, 0.6) is 5.75 Å². The first kappa shape index (κ1) is 17.6. The van der Waals surface area contributed by atoms with Crippen LogP contribution < -0.4 is 9.64 Å². The molecule has 148 valence electrons. The molecule has 5 rings (SSSR count). The normalized spacial score (nSPS) is 21.3. The molecule has 1 N–H and O–H groups in total. The van der Waals surface area contributed by atoms with Crippen molar-refractivity contribution >= 4 is 11.6 Å². The van der Waals surface area contributed by atoms with Crippen LogP contribution in [-0.2, 0) is 0 Å². The highest BCUT2D eigenvalue weighted by Crippen LogP contribution is 2.43. The summed E-state index contributed by atoms with van der Waals surface area (Å²) < 4.78 is 5.23. The largest absolute Gasteiger partial charge is 0.497 e. The number of hydrogen-bond acceptors (Lipinski definition) is 4. The number of anilines is 1. The summed E-state index contributed by atoms with van der Waals surface area (Å²) in [6.45, 7) is 3.75. The summed E-state index contributed by atoms with van der Waals surface area (Å²) in [6, 6.07) is 8.22. The summed E-state index contributed by atoms with van der Waals surface area (Å²) in [7, 11) is 1.69. The molecule has 1 aliphatic carbocycles. The van der Waals surface area contributed by atoms with Gasteiger partial charge in [-0.3, -0.25) is 9.89 Å².